The highest BCUT2D eigenvalue weighted by Crippen LogP contribution is 2.44. The number of hydrogen-bond acceptors (Lipinski definition) is 16. The van der Waals surface area contributed by atoms with Crippen LogP contribution >= 0.6 is 23.4 Å². The summed E-state index contributed by atoms with van der Waals surface area (Å²) < 4.78 is 36.6. The van der Waals surface area contributed by atoms with Crippen molar-refractivity contribution in [2.45, 2.75) is 113 Å². The maximum atomic E-state index is 14.2. The zero-order valence-corrected chi connectivity index (χ0v) is 53.6. The average Bonchev–Trinajstić information content (AvgIpc) is 1.79. The van der Waals surface area contributed by atoms with E-state index in [1.54, 1.807) is 47.1 Å². The molecule has 1 saturated carbocycles. The predicted octanol–water partition coefficient (Wildman–Crippen LogP) is 10.3. The number of anilines is 2. The maximum Gasteiger partial charge on any atom is 0.293 e. The van der Waals surface area contributed by atoms with Gasteiger partial charge in [-0.1, -0.05) is 49.2 Å². The average molecular weight is 1290 g/mol. The summed E-state index contributed by atoms with van der Waals surface area (Å²) in [7, 11) is -4.64. The second-order valence-corrected chi connectivity index (χ2v) is 28.8. The van der Waals surface area contributed by atoms with Gasteiger partial charge in [0.05, 0.1) is 28.1 Å². The Hall–Kier alpha value is -7.83. The van der Waals surface area contributed by atoms with Crippen molar-refractivity contribution in [1.29, 1.82) is 0 Å². The van der Waals surface area contributed by atoms with Gasteiger partial charge in [-0.05, 0) is 159 Å². The van der Waals surface area contributed by atoms with Crippen LogP contribution in [-0.4, -0.2) is 156 Å². The number of benzene rings is 4. The third-order valence-electron chi connectivity index (χ3n) is 18.9. The highest BCUT2D eigenvalue weighted by molar-refractivity contribution is 7.99. The Morgan fingerprint density at radius 3 is 2.46 bits per heavy atom. The number of aromatic nitrogens is 2. The van der Waals surface area contributed by atoms with E-state index in [9.17, 15) is 42.5 Å². The first-order chi connectivity index (χ1) is 43.8. The van der Waals surface area contributed by atoms with Crippen molar-refractivity contribution < 1.29 is 42.1 Å². The molecule has 1 unspecified atom stereocenters. The standard InChI is InChI=1S/C67H76ClN11O10S2/c1-67(2)24-22-46(54(37-67)44-10-12-47(68)13-11-44)40-74-27-29-75(30-28-74)49-16-18-53(59(35-49)89-50-34-45-23-25-69-63(45)71-39-50)64(82)73-91(87,88)51-17-19-56(58(36-51)79(85)86)70-38-43-8-14-48(15-9-43)77-32-31-76(62(81)42-77)26-3-4-33-90-60-7-5-6-52-55(60)41-78(66(52)84)57-20-21-61(80)72-65(57)83/h5-7,10-13,16-19,23,25,34-36,39,43,48,57,70H,3-4,8-9,14-15,20-22,24,26-33,37-38,40-42H2,1-2H3,(H,69,71)(H,73,82)(H,72,80,83). The van der Waals surface area contributed by atoms with Crippen LogP contribution in [0.1, 0.15) is 116 Å². The number of fused-ring (bicyclic) bond motifs is 2. The molecule has 91 heavy (non-hydrogen) atoms. The highest BCUT2D eigenvalue weighted by Gasteiger charge is 2.40. The highest BCUT2D eigenvalue weighted by atomic mass is 35.5. The molecule has 0 bridgehead atoms. The van der Waals surface area contributed by atoms with E-state index in [-0.39, 0.29) is 58.5 Å². The number of halogens is 1. The number of amides is 5. The predicted molar refractivity (Wildman–Crippen MR) is 350 cm³/mol. The molecule has 6 aromatic rings. The zero-order chi connectivity index (χ0) is 63.6. The third-order valence-corrected chi connectivity index (χ3v) is 21.7. The molecule has 2 aliphatic carbocycles. The number of pyridine rings is 1. The van der Waals surface area contributed by atoms with Gasteiger partial charge in [0.2, 0.25) is 17.7 Å². The number of aromatic amines is 1. The van der Waals surface area contributed by atoms with E-state index in [0.717, 1.165) is 122 Å². The largest absolute Gasteiger partial charge is 0.455 e. The molecule has 3 saturated heterocycles. The van der Waals surface area contributed by atoms with Crippen LogP contribution in [-0.2, 0) is 31.0 Å². The Kier molecular flexibility index (Phi) is 18.9. The lowest BCUT2D eigenvalue weighted by Crippen LogP contribution is -2.54. The number of nitro groups is 1. The van der Waals surface area contributed by atoms with Crippen molar-refractivity contribution in [1.82, 2.24) is 39.6 Å². The summed E-state index contributed by atoms with van der Waals surface area (Å²) >= 11 is 7.95. The number of piperazine rings is 2. The van der Waals surface area contributed by atoms with E-state index >= 15 is 0 Å². The first-order valence-electron chi connectivity index (χ1n) is 31.5. The third kappa shape index (κ3) is 14.6. The van der Waals surface area contributed by atoms with Gasteiger partial charge in [0.25, 0.3) is 27.5 Å². The molecule has 6 aliphatic rings. The van der Waals surface area contributed by atoms with Crippen molar-refractivity contribution in [2.24, 2.45) is 11.3 Å². The molecule has 4 aromatic carbocycles. The van der Waals surface area contributed by atoms with E-state index in [4.69, 9.17) is 16.3 Å². The summed E-state index contributed by atoms with van der Waals surface area (Å²) in [4.78, 5) is 95.6. The van der Waals surface area contributed by atoms with Gasteiger partial charge in [0, 0.05) is 123 Å². The number of carbonyl (C=O) groups excluding carboxylic acids is 5. The minimum atomic E-state index is -4.64. The number of nitro benzene ring substituents is 1. The fourth-order valence-electron chi connectivity index (χ4n) is 13.7. The van der Waals surface area contributed by atoms with E-state index < -0.39 is 43.4 Å². The van der Waals surface area contributed by atoms with Crippen LogP contribution in [0.4, 0.5) is 17.1 Å². The summed E-state index contributed by atoms with van der Waals surface area (Å²) in [6.45, 7) is 11.7. The van der Waals surface area contributed by atoms with Crippen LogP contribution in [0.25, 0.3) is 16.6 Å². The maximum absolute atomic E-state index is 14.2. The molecule has 5 amide bonds. The smallest absolute Gasteiger partial charge is 0.293 e. The monoisotopic (exact) mass is 1290 g/mol. The minimum Gasteiger partial charge on any atom is -0.455 e. The van der Waals surface area contributed by atoms with E-state index in [0.29, 0.717) is 69.2 Å². The van der Waals surface area contributed by atoms with Crippen LogP contribution in [0.5, 0.6) is 11.5 Å². The number of imide groups is 1. The molecule has 12 rings (SSSR count). The summed E-state index contributed by atoms with van der Waals surface area (Å²) in [6.07, 6.45) is 12.1. The second-order valence-electron chi connectivity index (χ2n) is 25.6. The molecule has 4 aliphatic heterocycles. The van der Waals surface area contributed by atoms with Gasteiger partial charge in [-0.2, -0.15) is 0 Å². The number of nitrogens with one attached hydrogen (secondary N) is 4. The molecule has 0 spiro atoms. The van der Waals surface area contributed by atoms with E-state index in [1.807, 2.05) is 35.2 Å². The van der Waals surface area contributed by atoms with Crippen molar-refractivity contribution in [2.75, 3.05) is 81.4 Å². The fraction of sp³-hybridized carbons (Fsp3) is 0.433. The zero-order valence-electron chi connectivity index (χ0n) is 51.2. The minimum absolute atomic E-state index is 0.0604. The Morgan fingerprint density at radius 2 is 1.69 bits per heavy atom. The van der Waals surface area contributed by atoms with Gasteiger partial charge in [0.15, 0.2) is 0 Å². The number of thioether (sulfide) groups is 1. The van der Waals surface area contributed by atoms with Gasteiger partial charge >= 0.3 is 0 Å². The normalized spacial score (nSPS) is 20.9. The quantitative estimate of drug-likeness (QED) is 0.0172. The topological polar surface area (TPSA) is 253 Å². The summed E-state index contributed by atoms with van der Waals surface area (Å²) in [5.41, 5.74) is 6.87. The van der Waals surface area contributed by atoms with Crippen molar-refractivity contribution >= 4 is 96.6 Å². The molecule has 21 nitrogen and oxygen atoms in total. The summed E-state index contributed by atoms with van der Waals surface area (Å²) in [6, 6.07) is 25.6. The van der Waals surface area contributed by atoms with Crippen molar-refractivity contribution in [3.8, 4) is 11.5 Å². The van der Waals surface area contributed by atoms with E-state index in [2.05, 4.69) is 66.0 Å². The lowest BCUT2D eigenvalue weighted by atomic mass is 9.72. The Balaban J connectivity index is 0.618. The van der Waals surface area contributed by atoms with Crippen LogP contribution < -0.4 is 25.0 Å². The SMILES string of the molecule is CC1(C)CCC(CN2CCN(c3ccc(C(=O)NS(=O)(=O)c4ccc(NCC5CCC(N6CCN(CCCCSc7cccc8c7CN(C7CCC(=O)NC7=O)C8=O)C(=O)C6)CC5)c([N+](=O)[O-])c4)c(Oc4cnc5[nH]ccc5c4)c3)CC2)=C(c2ccc(Cl)cc2)C1. The number of hydrogen-bond donors (Lipinski definition) is 4. The van der Waals surface area contributed by atoms with Gasteiger partial charge in [0.1, 0.15) is 28.9 Å². The van der Waals surface area contributed by atoms with Gasteiger partial charge in [-0.15, -0.1) is 11.8 Å². The Bertz CT molecular complexity index is 3940. The Morgan fingerprint density at radius 1 is 0.890 bits per heavy atom. The second kappa shape index (κ2) is 27.2. The fourth-order valence-corrected chi connectivity index (χ4v) is 15.9. The van der Waals surface area contributed by atoms with Crippen LogP contribution in [0, 0.1) is 21.4 Å². The molecular formula is C67H76ClN11O10S2. The number of allylic oxidation sites excluding steroid dienone is 1. The van der Waals surface area contributed by atoms with Crippen LogP contribution in [0.2, 0.25) is 5.02 Å². The van der Waals surface area contributed by atoms with Gasteiger partial charge in [-0.3, -0.25) is 49.2 Å². The molecule has 2 aromatic heterocycles. The van der Waals surface area contributed by atoms with E-state index in [1.165, 1.54) is 41.1 Å². The van der Waals surface area contributed by atoms with Crippen molar-refractivity contribution in [3.05, 3.63) is 146 Å². The van der Waals surface area contributed by atoms with Gasteiger partial charge < -0.3 is 29.7 Å². The molecule has 24 heteroatoms. The number of H-pyrrole nitrogens is 1. The molecule has 0 radical (unpaired) electrons. The lowest BCUT2D eigenvalue weighted by Gasteiger charge is -2.41. The molecule has 4 N–H and O–H groups in total. The molecule has 4 fully saturated rings. The Labute approximate surface area is 538 Å². The number of unbranched alkanes of at least 4 members (excludes halogenated alkanes) is 1. The van der Waals surface area contributed by atoms with Crippen LogP contribution in [0.3, 0.4) is 0 Å². The number of nitrogens with zero attached hydrogens (tertiary/aromatic N) is 7. The van der Waals surface area contributed by atoms with Gasteiger partial charge in [-0.25, -0.2) is 18.1 Å². The van der Waals surface area contributed by atoms with Crippen LogP contribution in [0.15, 0.2) is 119 Å². The number of sulfonamides is 1. The summed E-state index contributed by atoms with van der Waals surface area (Å²) in [5.74, 6) is -0.363. The number of rotatable bonds is 21. The molecular weight excluding hydrogens is 1220 g/mol. The molecule has 1 atom stereocenters. The first kappa shape index (κ1) is 63.3. The number of piperidine rings is 1. The molecule has 478 valence electrons. The number of carbonyl (C=O) groups is 5. The lowest BCUT2D eigenvalue weighted by molar-refractivity contribution is -0.384. The molecule has 6 heterocycles. The number of ether oxygens (including phenoxy) is 1. The first-order valence-corrected chi connectivity index (χ1v) is 34.4. The summed E-state index contributed by atoms with van der Waals surface area (Å²) in [5, 5.41) is 19.6. The van der Waals surface area contributed by atoms with Crippen molar-refractivity contribution in [3.63, 3.8) is 0 Å².